The summed E-state index contributed by atoms with van der Waals surface area (Å²) in [7, 11) is 2.06. The second-order valence-electron chi connectivity index (χ2n) is 7.11. The van der Waals surface area contributed by atoms with Gasteiger partial charge >= 0.3 is 0 Å². The van der Waals surface area contributed by atoms with E-state index in [4.69, 9.17) is 11.6 Å². The molecule has 1 aromatic heterocycles. The van der Waals surface area contributed by atoms with Gasteiger partial charge in [0.1, 0.15) is 0 Å². The third kappa shape index (κ3) is 3.24. The summed E-state index contributed by atoms with van der Waals surface area (Å²) < 4.78 is 2.15. The van der Waals surface area contributed by atoms with Crippen molar-refractivity contribution in [3.63, 3.8) is 0 Å². The number of fused-ring (bicyclic) bond motifs is 1. The van der Waals surface area contributed by atoms with E-state index in [1.54, 1.807) is 0 Å². The first-order chi connectivity index (χ1) is 12.6. The van der Waals surface area contributed by atoms with E-state index in [9.17, 15) is 4.79 Å². The molecule has 0 bridgehead atoms. The zero-order valence-electron chi connectivity index (χ0n) is 15.0. The third-order valence-electron chi connectivity index (χ3n) is 5.41. The summed E-state index contributed by atoms with van der Waals surface area (Å²) in [6.07, 6.45) is 4.90. The number of carbonyl (C=O) groups is 1. The van der Waals surface area contributed by atoms with E-state index in [0.717, 1.165) is 36.5 Å². The van der Waals surface area contributed by atoms with E-state index in [0.29, 0.717) is 6.42 Å². The van der Waals surface area contributed by atoms with Crippen LogP contribution in [0, 0.1) is 0 Å². The Labute approximate surface area is 159 Å². The summed E-state index contributed by atoms with van der Waals surface area (Å²) in [4.78, 5) is 14.9. The molecule has 3 nitrogen and oxygen atoms in total. The van der Waals surface area contributed by atoms with Crippen molar-refractivity contribution in [2.45, 2.75) is 25.2 Å². The van der Waals surface area contributed by atoms with Gasteiger partial charge in [-0.05, 0) is 42.2 Å². The average molecular weight is 367 g/mol. The van der Waals surface area contributed by atoms with Crippen LogP contribution in [0.25, 0.3) is 10.9 Å². The normalized spacial score (nSPS) is 15.5. The Balaban J connectivity index is 1.76. The van der Waals surface area contributed by atoms with Crippen LogP contribution in [0.4, 0.5) is 0 Å². The lowest BCUT2D eigenvalue weighted by Crippen LogP contribution is -2.29. The van der Waals surface area contributed by atoms with Gasteiger partial charge in [0.25, 0.3) is 0 Å². The fourth-order valence-electron chi connectivity index (χ4n) is 4.02. The quantitative estimate of drug-likeness (QED) is 0.639. The van der Waals surface area contributed by atoms with Gasteiger partial charge in [-0.25, -0.2) is 0 Å². The molecule has 0 aliphatic carbocycles. The van der Waals surface area contributed by atoms with Crippen LogP contribution in [0.15, 0.2) is 54.7 Å². The Morgan fingerprint density at radius 3 is 2.50 bits per heavy atom. The molecule has 1 unspecified atom stereocenters. The molecular formula is C22H23ClN2O. The number of nitrogens with zero attached hydrogens (tertiary/aromatic N) is 2. The van der Waals surface area contributed by atoms with Crippen LogP contribution in [0.2, 0.25) is 5.02 Å². The zero-order chi connectivity index (χ0) is 18.1. The van der Waals surface area contributed by atoms with Crippen LogP contribution in [-0.4, -0.2) is 28.5 Å². The first kappa shape index (κ1) is 17.2. The van der Waals surface area contributed by atoms with Gasteiger partial charge in [-0.15, -0.1) is 0 Å². The van der Waals surface area contributed by atoms with Crippen LogP contribution in [0.1, 0.15) is 36.3 Å². The Bertz CT molecular complexity index is 923. The summed E-state index contributed by atoms with van der Waals surface area (Å²) in [5, 5.41) is 1.93. The molecular weight excluding hydrogens is 344 g/mol. The van der Waals surface area contributed by atoms with Crippen molar-refractivity contribution in [1.29, 1.82) is 0 Å². The molecule has 1 aliphatic heterocycles. The number of rotatable bonds is 4. The first-order valence-electron chi connectivity index (χ1n) is 9.20. The fraction of sp³-hybridized carbons (Fsp3) is 0.318. The van der Waals surface area contributed by atoms with E-state index in [1.807, 2.05) is 29.2 Å². The van der Waals surface area contributed by atoms with Gasteiger partial charge < -0.3 is 9.47 Å². The Morgan fingerprint density at radius 2 is 1.77 bits per heavy atom. The molecule has 4 heteroatoms. The number of benzene rings is 2. The van der Waals surface area contributed by atoms with E-state index in [2.05, 4.69) is 42.1 Å². The maximum atomic E-state index is 12.9. The van der Waals surface area contributed by atoms with E-state index in [-0.39, 0.29) is 11.8 Å². The Kier molecular flexibility index (Phi) is 4.73. The molecule has 2 aromatic carbocycles. The van der Waals surface area contributed by atoms with Crippen molar-refractivity contribution >= 4 is 28.4 Å². The minimum Gasteiger partial charge on any atom is -0.350 e. The predicted molar refractivity (Wildman–Crippen MR) is 107 cm³/mol. The minimum absolute atomic E-state index is 0.0338. The molecule has 0 radical (unpaired) electrons. The van der Waals surface area contributed by atoms with Gasteiger partial charge in [0.15, 0.2) is 0 Å². The van der Waals surface area contributed by atoms with Crippen molar-refractivity contribution in [3.05, 3.63) is 70.9 Å². The van der Waals surface area contributed by atoms with Gasteiger partial charge in [0.05, 0.1) is 0 Å². The predicted octanol–water partition coefficient (Wildman–Crippen LogP) is 4.98. The van der Waals surface area contributed by atoms with Crippen LogP contribution in [0.3, 0.4) is 0 Å². The number of carbonyl (C=O) groups excluding carboxylic acids is 1. The van der Waals surface area contributed by atoms with E-state index < -0.39 is 0 Å². The number of likely N-dealkylation sites (tertiary alicyclic amines) is 1. The highest BCUT2D eigenvalue weighted by Gasteiger charge is 2.26. The standard InChI is InChI=1S/C22H23ClN2O/c1-24-15-20(18-6-2-3-7-21(18)24)19(16-8-10-17(23)11-9-16)14-22(26)25-12-4-5-13-25/h2-3,6-11,15,19H,4-5,12-14H2,1H3. The number of aromatic nitrogens is 1. The molecule has 1 amide bonds. The Hall–Kier alpha value is -2.26. The lowest BCUT2D eigenvalue weighted by Gasteiger charge is -2.21. The number of amides is 1. The maximum Gasteiger partial charge on any atom is 0.223 e. The Morgan fingerprint density at radius 1 is 1.08 bits per heavy atom. The van der Waals surface area contributed by atoms with Gasteiger partial charge in [-0.3, -0.25) is 4.79 Å². The van der Waals surface area contributed by atoms with Crippen LogP contribution in [-0.2, 0) is 11.8 Å². The lowest BCUT2D eigenvalue weighted by molar-refractivity contribution is -0.130. The lowest BCUT2D eigenvalue weighted by atomic mass is 9.88. The summed E-state index contributed by atoms with van der Waals surface area (Å²) in [5.41, 5.74) is 3.53. The third-order valence-corrected chi connectivity index (χ3v) is 5.67. The molecule has 2 heterocycles. The molecule has 1 atom stereocenters. The van der Waals surface area contributed by atoms with Crippen molar-refractivity contribution in [2.75, 3.05) is 13.1 Å². The molecule has 4 rings (SSSR count). The van der Waals surface area contributed by atoms with Gasteiger partial charge in [0.2, 0.25) is 5.91 Å². The average Bonchev–Trinajstić information content (AvgIpc) is 3.30. The smallest absolute Gasteiger partial charge is 0.223 e. The summed E-state index contributed by atoms with van der Waals surface area (Å²) in [5.74, 6) is 0.279. The highest BCUT2D eigenvalue weighted by Crippen LogP contribution is 2.35. The van der Waals surface area contributed by atoms with Crippen LogP contribution >= 0.6 is 11.6 Å². The summed E-state index contributed by atoms with van der Waals surface area (Å²) in [6.45, 7) is 1.78. The molecule has 0 saturated carbocycles. The van der Waals surface area contributed by atoms with Crippen LogP contribution < -0.4 is 0 Å². The number of halogens is 1. The number of hydrogen-bond donors (Lipinski definition) is 0. The van der Waals surface area contributed by atoms with Crippen molar-refractivity contribution < 1.29 is 4.79 Å². The largest absolute Gasteiger partial charge is 0.350 e. The highest BCUT2D eigenvalue weighted by molar-refractivity contribution is 6.30. The van der Waals surface area contributed by atoms with Crippen LogP contribution in [0.5, 0.6) is 0 Å². The topological polar surface area (TPSA) is 25.2 Å². The number of hydrogen-bond acceptors (Lipinski definition) is 1. The number of para-hydroxylation sites is 1. The molecule has 0 N–H and O–H groups in total. The monoisotopic (exact) mass is 366 g/mol. The van der Waals surface area contributed by atoms with Gasteiger partial charge in [-0.2, -0.15) is 0 Å². The second-order valence-corrected chi connectivity index (χ2v) is 7.55. The molecule has 3 aromatic rings. The van der Waals surface area contributed by atoms with Gasteiger partial charge in [-0.1, -0.05) is 41.9 Å². The molecule has 1 aliphatic rings. The maximum absolute atomic E-state index is 12.9. The molecule has 134 valence electrons. The summed E-state index contributed by atoms with van der Waals surface area (Å²) in [6, 6.07) is 16.3. The minimum atomic E-state index is 0.0338. The molecule has 1 fully saturated rings. The van der Waals surface area contributed by atoms with Crippen molar-refractivity contribution in [3.8, 4) is 0 Å². The SMILES string of the molecule is Cn1cc(C(CC(=O)N2CCCC2)c2ccc(Cl)cc2)c2ccccc21. The second kappa shape index (κ2) is 7.16. The van der Waals surface area contributed by atoms with Crippen molar-refractivity contribution in [2.24, 2.45) is 7.05 Å². The fourth-order valence-corrected chi connectivity index (χ4v) is 4.15. The summed E-state index contributed by atoms with van der Waals surface area (Å²) >= 11 is 6.09. The zero-order valence-corrected chi connectivity index (χ0v) is 15.7. The molecule has 26 heavy (non-hydrogen) atoms. The highest BCUT2D eigenvalue weighted by atomic mass is 35.5. The molecule has 1 saturated heterocycles. The van der Waals surface area contributed by atoms with E-state index >= 15 is 0 Å². The first-order valence-corrected chi connectivity index (χ1v) is 9.58. The van der Waals surface area contributed by atoms with Crippen molar-refractivity contribution in [1.82, 2.24) is 9.47 Å². The number of aryl methyl sites for hydroxylation is 1. The van der Waals surface area contributed by atoms with Gasteiger partial charge in [0, 0.05) is 54.6 Å². The van der Waals surface area contributed by atoms with E-state index in [1.165, 1.54) is 16.5 Å². The molecule has 0 spiro atoms.